The molecule has 0 aliphatic carbocycles. The van der Waals surface area contributed by atoms with Gasteiger partial charge in [0.2, 0.25) is 0 Å². The Labute approximate surface area is 124 Å². The van der Waals surface area contributed by atoms with Crippen LogP contribution in [0.2, 0.25) is 20.1 Å². The van der Waals surface area contributed by atoms with Crippen molar-refractivity contribution in [1.29, 1.82) is 5.26 Å². The van der Waals surface area contributed by atoms with Crippen LogP contribution in [0.15, 0.2) is 30.3 Å². The van der Waals surface area contributed by atoms with E-state index in [1.807, 2.05) is 6.07 Å². The highest BCUT2D eigenvalue weighted by molar-refractivity contribution is 6.48. The van der Waals surface area contributed by atoms with E-state index >= 15 is 0 Å². The highest BCUT2D eigenvalue weighted by Gasteiger charge is 2.09. The highest BCUT2D eigenvalue weighted by Crippen LogP contribution is 2.35. The Hall–Kier alpha value is -0.910. The zero-order valence-electron chi connectivity index (χ0n) is 8.85. The number of nitriles is 1. The first kappa shape index (κ1) is 13.5. The summed E-state index contributed by atoms with van der Waals surface area (Å²) in [6.07, 6.45) is 0. The Kier molecular flexibility index (Phi) is 4.04. The molecule has 90 valence electrons. The van der Waals surface area contributed by atoms with Gasteiger partial charge in [-0.25, -0.2) is 0 Å². The van der Waals surface area contributed by atoms with Crippen LogP contribution in [0.1, 0.15) is 5.56 Å². The fourth-order valence-corrected chi connectivity index (χ4v) is 2.27. The third-order valence-corrected chi connectivity index (χ3v) is 3.93. The van der Waals surface area contributed by atoms with Crippen molar-refractivity contribution < 1.29 is 0 Å². The molecule has 0 atom stereocenters. The van der Waals surface area contributed by atoms with E-state index in [2.05, 4.69) is 0 Å². The molecule has 0 heterocycles. The maximum absolute atomic E-state index is 8.94. The summed E-state index contributed by atoms with van der Waals surface area (Å²) in [6.45, 7) is 0. The van der Waals surface area contributed by atoms with Gasteiger partial charge in [0.1, 0.15) is 6.07 Å². The lowest BCUT2D eigenvalue weighted by molar-refractivity contribution is 1.48. The molecule has 0 unspecified atom stereocenters. The van der Waals surface area contributed by atoms with Crippen molar-refractivity contribution in [3.05, 3.63) is 56.0 Å². The Morgan fingerprint density at radius 3 is 1.94 bits per heavy atom. The maximum Gasteiger partial charge on any atom is 0.101 e. The minimum Gasteiger partial charge on any atom is -0.192 e. The van der Waals surface area contributed by atoms with Crippen molar-refractivity contribution in [3.63, 3.8) is 0 Å². The van der Waals surface area contributed by atoms with Crippen LogP contribution in [-0.2, 0) is 0 Å². The van der Waals surface area contributed by atoms with Crippen molar-refractivity contribution in [2.24, 2.45) is 0 Å². The van der Waals surface area contributed by atoms with Gasteiger partial charge in [-0.15, -0.1) is 0 Å². The molecule has 2 aromatic carbocycles. The van der Waals surface area contributed by atoms with Gasteiger partial charge in [0.15, 0.2) is 0 Å². The van der Waals surface area contributed by atoms with Crippen LogP contribution in [0.4, 0.5) is 0 Å². The van der Waals surface area contributed by atoms with Crippen molar-refractivity contribution in [2.45, 2.75) is 0 Å². The fourth-order valence-electron chi connectivity index (χ4n) is 1.51. The van der Waals surface area contributed by atoms with Crippen LogP contribution >= 0.6 is 46.4 Å². The number of benzene rings is 2. The van der Waals surface area contributed by atoms with E-state index in [-0.39, 0.29) is 0 Å². The summed E-state index contributed by atoms with van der Waals surface area (Å²) in [4.78, 5) is 0. The first-order valence-corrected chi connectivity index (χ1v) is 6.38. The van der Waals surface area contributed by atoms with Crippen LogP contribution in [0.5, 0.6) is 0 Å². The molecule has 2 aromatic rings. The molecule has 5 heteroatoms. The molecule has 0 radical (unpaired) electrons. The van der Waals surface area contributed by atoms with Gasteiger partial charge >= 0.3 is 0 Å². The zero-order valence-corrected chi connectivity index (χ0v) is 11.9. The third kappa shape index (κ3) is 2.58. The smallest absolute Gasteiger partial charge is 0.101 e. The minimum absolute atomic E-state index is 0.316. The average Bonchev–Trinajstić information content (AvgIpc) is 2.36. The predicted molar refractivity (Wildman–Crippen MR) is 76.6 cm³/mol. The number of halogens is 4. The van der Waals surface area contributed by atoms with Gasteiger partial charge < -0.3 is 0 Å². The second kappa shape index (κ2) is 5.38. The summed E-state index contributed by atoms with van der Waals surface area (Å²) < 4.78 is 0. The molecule has 0 spiro atoms. The third-order valence-electron chi connectivity index (χ3n) is 2.40. The van der Waals surface area contributed by atoms with Crippen LogP contribution in [0.25, 0.3) is 11.1 Å². The van der Waals surface area contributed by atoms with E-state index in [1.165, 1.54) is 0 Å². The summed E-state index contributed by atoms with van der Waals surface area (Å²) >= 11 is 23.7. The molecule has 0 saturated heterocycles. The number of nitrogens with zero attached hydrogens (tertiary/aromatic N) is 1. The summed E-state index contributed by atoms with van der Waals surface area (Å²) in [6, 6.07) is 10.5. The van der Waals surface area contributed by atoms with E-state index in [9.17, 15) is 0 Å². The normalized spacial score (nSPS) is 10.2. The van der Waals surface area contributed by atoms with Gasteiger partial charge in [-0.2, -0.15) is 5.26 Å². The SMILES string of the molecule is N#Cc1cc(-c2cc(Cl)c(Cl)c(Cl)c2)ccc1Cl. The Morgan fingerprint density at radius 2 is 1.39 bits per heavy atom. The van der Waals surface area contributed by atoms with Crippen molar-refractivity contribution in [3.8, 4) is 17.2 Å². The van der Waals surface area contributed by atoms with E-state index in [0.717, 1.165) is 11.1 Å². The standard InChI is InChI=1S/C13H5Cl4N/c14-10-2-1-7(3-9(10)6-18)8-4-11(15)13(17)12(16)5-8/h1-5H. The van der Waals surface area contributed by atoms with E-state index in [4.69, 9.17) is 51.7 Å². The summed E-state index contributed by atoms with van der Waals surface area (Å²) in [5.74, 6) is 0. The summed E-state index contributed by atoms with van der Waals surface area (Å²) in [5.41, 5.74) is 1.98. The van der Waals surface area contributed by atoms with Crippen molar-refractivity contribution >= 4 is 46.4 Å². The maximum atomic E-state index is 8.94. The van der Waals surface area contributed by atoms with Crippen molar-refractivity contribution in [2.75, 3.05) is 0 Å². The molecule has 0 saturated carbocycles. The van der Waals surface area contributed by atoms with Crippen molar-refractivity contribution in [1.82, 2.24) is 0 Å². The van der Waals surface area contributed by atoms with E-state index in [0.29, 0.717) is 25.7 Å². The summed E-state index contributed by atoms with van der Waals surface area (Å²) in [5, 5.41) is 10.4. The molecule has 1 nitrogen and oxygen atoms in total. The lowest BCUT2D eigenvalue weighted by Crippen LogP contribution is -1.83. The quantitative estimate of drug-likeness (QED) is 0.606. The molecule has 0 amide bonds. The Morgan fingerprint density at radius 1 is 0.778 bits per heavy atom. The fraction of sp³-hybridized carbons (Fsp3) is 0. The monoisotopic (exact) mass is 315 g/mol. The highest BCUT2D eigenvalue weighted by atomic mass is 35.5. The van der Waals surface area contributed by atoms with Gasteiger partial charge in [-0.05, 0) is 35.4 Å². The van der Waals surface area contributed by atoms with Gasteiger partial charge in [0.25, 0.3) is 0 Å². The minimum atomic E-state index is 0.316. The molecule has 0 aromatic heterocycles. The van der Waals surface area contributed by atoms with Gasteiger partial charge in [0.05, 0.1) is 25.7 Å². The zero-order chi connectivity index (χ0) is 13.3. The van der Waals surface area contributed by atoms with Gasteiger partial charge in [-0.1, -0.05) is 52.5 Å². The van der Waals surface area contributed by atoms with Crippen LogP contribution in [-0.4, -0.2) is 0 Å². The number of hydrogen-bond donors (Lipinski definition) is 0. The lowest BCUT2D eigenvalue weighted by atomic mass is 10.0. The number of hydrogen-bond acceptors (Lipinski definition) is 1. The van der Waals surface area contributed by atoms with Crippen LogP contribution in [0, 0.1) is 11.3 Å². The molecule has 0 aliphatic rings. The van der Waals surface area contributed by atoms with Crippen LogP contribution in [0.3, 0.4) is 0 Å². The average molecular weight is 317 g/mol. The Bertz CT molecular complexity index is 636. The molecular formula is C13H5Cl4N. The summed E-state index contributed by atoms with van der Waals surface area (Å²) in [7, 11) is 0. The largest absolute Gasteiger partial charge is 0.192 e. The second-order valence-electron chi connectivity index (χ2n) is 3.56. The topological polar surface area (TPSA) is 23.8 Å². The first-order valence-electron chi connectivity index (χ1n) is 4.87. The molecule has 2 rings (SSSR count). The molecule has 0 fully saturated rings. The lowest BCUT2D eigenvalue weighted by Gasteiger charge is -2.06. The molecule has 0 N–H and O–H groups in total. The predicted octanol–water partition coefficient (Wildman–Crippen LogP) is 5.84. The van der Waals surface area contributed by atoms with Gasteiger partial charge in [0, 0.05) is 0 Å². The number of rotatable bonds is 1. The molecule has 0 aliphatic heterocycles. The van der Waals surface area contributed by atoms with Crippen LogP contribution < -0.4 is 0 Å². The van der Waals surface area contributed by atoms with Gasteiger partial charge in [-0.3, -0.25) is 0 Å². The van der Waals surface area contributed by atoms with E-state index in [1.54, 1.807) is 30.3 Å². The molecular weight excluding hydrogens is 312 g/mol. The second-order valence-corrected chi connectivity index (χ2v) is 5.16. The Balaban J connectivity index is 2.60. The molecule has 0 bridgehead atoms. The van der Waals surface area contributed by atoms with E-state index < -0.39 is 0 Å². The molecule has 18 heavy (non-hydrogen) atoms. The first-order chi connectivity index (χ1) is 8.52.